The summed E-state index contributed by atoms with van der Waals surface area (Å²) in [7, 11) is 0. The van der Waals surface area contributed by atoms with Crippen LogP contribution in [0.5, 0.6) is 0 Å². The first-order valence-electron chi connectivity index (χ1n) is 5.53. The molecule has 0 aliphatic rings. The molecular weight excluding hydrogens is 309 g/mol. The Bertz CT molecular complexity index is 673. The van der Waals surface area contributed by atoms with Crippen LogP contribution in [-0.2, 0) is 6.18 Å². The Labute approximate surface area is 122 Å². The molecule has 5 nitrogen and oxygen atoms in total. The Balaban J connectivity index is 2.31. The van der Waals surface area contributed by atoms with E-state index in [4.69, 9.17) is 17.3 Å². The number of anilines is 2. The highest BCUT2D eigenvalue weighted by molar-refractivity contribution is 6.30. The molecule has 0 atom stereocenters. The Kier molecular flexibility index (Phi) is 3.99. The number of halogens is 4. The lowest BCUT2D eigenvalue weighted by atomic mass is 10.1. The Morgan fingerprint density at radius 1 is 1.24 bits per heavy atom. The zero-order valence-corrected chi connectivity index (χ0v) is 11.0. The fourth-order valence-electron chi connectivity index (χ4n) is 1.50. The number of nitrogens with one attached hydrogen (secondary N) is 1. The molecule has 0 saturated heterocycles. The molecule has 1 aromatic carbocycles. The smallest absolute Gasteiger partial charge is 0.382 e. The van der Waals surface area contributed by atoms with Gasteiger partial charge in [-0.15, -0.1) is 0 Å². The fraction of sp³-hybridized carbons (Fsp3) is 0.0833. The maximum absolute atomic E-state index is 12.9. The maximum atomic E-state index is 12.9. The predicted octanol–water partition coefficient (Wildman–Crippen LogP) is 2.98. The van der Waals surface area contributed by atoms with Crippen LogP contribution in [0, 0.1) is 0 Å². The molecule has 0 aliphatic heterocycles. The summed E-state index contributed by atoms with van der Waals surface area (Å²) < 4.78 is 38.6. The summed E-state index contributed by atoms with van der Waals surface area (Å²) in [5.74, 6) is -0.746. The topological polar surface area (TPSA) is 80.9 Å². The van der Waals surface area contributed by atoms with Crippen LogP contribution in [0.15, 0.2) is 30.6 Å². The molecule has 0 bridgehead atoms. The van der Waals surface area contributed by atoms with Gasteiger partial charge in [-0.05, 0) is 18.2 Å². The van der Waals surface area contributed by atoms with Crippen LogP contribution in [0.2, 0.25) is 5.02 Å². The van der Waals surface area contributed by atoms with Crippen LogP contribution in [0.25, 0.3) is 0 Å². The Morgan fingerprint density at radius 3 is 2.52 bits per heavy atom. The molecule has 9 heteroatoms. The van der Waals surface area contributed by atoms with E-state index in [1.54, 1.807) is 0 Å². The van der Waals surface area contributed by atoms with Crippen molar-refractivity contribution in [3.63, 3.8) is 0 Å². The number of amides is 1. The first kappa shape index (κ1) is 15.0. The van der Waals surface area contributed by atoms with Gasteiger partial charge in [0.05, 0.1) is 23.6 Å². The summed E-state index contributed by atoms with van der Waals surface area (Å²) in [4.78, 5) is 19.1. The molecule has 0 aliphatic carbocycles. The number of carbonyl (C=O) groups excluding carboxylic acids is 1. The monoisotopic (exact) mass is 316 g/mol. The summed E-state index contributed by atoms with van der Waals surface area (Å²) in [5, 5.41) is 2.03. The van der Waals surface area contributed by atoms with Gasteiger partial charge in [0.2, 0.25) is 0 Å². The number of aromatic nitrogens is 2. The number of benzene rings is 1. The molecule has 3 N–H and O–H groups in total. The van der Waals surface area contributed by atoms with Crippen LogP contribution in [0.1, 0.15) is 16.1 Å². The van der Waals surface area contributed by atoms with Crippen LogP contribution in [0.3, 0.4) is 0 Å². The van der Waals surface area contributed by atoms with Crippen molar-refractivity contribution in [2.75, 3.05) is 11.1 Å². The van der Waals surface area contributed by atoms with Gasteiger partial charge in [-0.1, -0.05) is 11.6 Å². The van der Waals surface area contributed by atoms with Gasteiger partial charge in [0.15, 0.2) is 0 Å². The largest absolute Gasteiger partial charge is 0.418 e. The third kappa shape index (κ3) is 3.60. The van der Waals surface area contributed by atoms with E-state index in [0.717, 1.165) is 24.5 Å². The quantitative estimate of drug-likeness (QED) is 0.892. The third-order valence-electron chi connectivity index (χ3n) is 2.44. The highest BCUT2D eigenvalue weighted by atomic mass is 35.5. The lowest BCUT2D eigenvalue weighted by Gasteiger charge is -2.13. The standard InChI is InChI=1S/C12H8ClF3N4O/c13-6-1-2-8(7(3-6)12(14,15)16)20-11(21)9-4-19-10(17)5-18-9/h1-5H,(H2,17,19)(H,20,21). The summed E-state index contributed by atoms with van der Waals surface area (Å²) in [6, 6.07) is 3.03. The van der Waals surface area contributed by atoms with Gasteiger partial charge in [0.1, 0.15) is 11.5 Å². The van der Waals surface area contributed by atoms with Gasteiger partial charge in [-0.25, -0.2) is 9.97 Å². The van der Waals surface area contributed by atoms with E-state index in [9.17, 15) is 18.0 Å². The van der Waals surface area contributed by atoms with E-state index in [1.807, 2.05) is 0 Å². The second-order valence-electron chi connectivity index (χ2n) is 3.97. The molecule has 0 saturated carbocycles. The third-order valence-corrected chi connectivity index (χ3v) is 2.67. The van der Waals surface area contributed by atoms with E-state index >= 15 is 0 Å². The zero-order valence-electron chi connectivity index (χ0n) is 10.3. The molecule has 1 amide bonds. The van der Waals surface area contributed by atoms with Crippen LogP contribution >= 0.6 is 11.6 Å². The molecule has 2 rings (SSSR count). The van der Waals surface area contributed by atoms with Gasteiger partial charge < -0.3 is 11.1 Å². The normalized spacial score (nSPS) is 11.2. The minimum atomic E-state index is -4.65. The number of rotatable bonds is 2. The number of alkyl halides is 3. The Morgan fingerprint density at radius 2 is 1.95 bits per heavy atom. The van der Waals surface area contributed by atoms with Crippen molar-refractivity contribution < 1.29 is 18.0 Å². The minimum absolute atomic E-state index is 0.0902. The highest BCUT2D eigenvalue weighted by Gasteiger charge is 2.34. The van der Waals surface area contributed by atoms with Crippen LogP contribution < -0.4 is 11.1 Å². The molecule has 1 heterocycles. The summed E-state index contributed by atoms with van der Waals surface area (Å²) in [5.41, 5.74) is 3.68. The van der Waals surface area contributed by atoms with E-state index in [-0.39, 0.29) is 16.5 Å². The molecule has 21 heavy (non-hydrogen) atoms. The van der Waals surface area contributed by atoms with Gasteiger partial charge in [0, 0.05) is 5.02 Å². The predicted molar refractivity (Wildman–Crippen MR) is 70.9 cm³/mol. The average Bonchev–Trinajstić information content (AvgIpc) is 2.40. The first-order valence-corrected chi connectivity index (χ1v) is 5.91. The summed E-state index contributed by atoms with van der Waals surface area (Å²) in [6.45, 7) is 0. The lowest BCUT2D eigenvalue weighted by Crippen LogP contribution is -2.18. The fourth-order valence-corrected chi connectivity index (χ4v) is 1.67. The van der Waals surface area contributed by atoms with Crippen molar-refractivity contribution >= 4 is 29.0 Å². The number of hydrogen-bond acceptors (Lipinski definition) is 4. The minimum Gasteiger partial charge on any atom is -0.382 e. The second-order valence-corrected chi connectivity index (χ2v) is 4.40. The van der Waals surface area contributed by atoms with Gasteiger partial charge >= 0.3 is 6.18 Å². The molecule has 0 radical (unpaired) electrons. The number of nitrogens with two attached hydrogens (primary N) is 1. The highest BCUT2D eigenvalue weighted by Crippen LogP contribution is 2.36. The summed E-state index contributed by atoms with van der Waals surface area (Å²) in [6.07, 6.45) is -2.46. The van der Waals surface area contributed by atoms with Gasteiger partial charge in [-0.2, -0.15) is 13.2 Å². The van der Waals surface area contributed by atoms with Crippen molar-refractivity contribution in [1.29, 1.82) is 0 Å². The molecule has 0 fully saturated rings. The van der Waals surface area contributed by atoms with E-state index < -0.39 is 23.3 Å². The molecule has 0 unspecified atom stereocenters. The summed E-state index contributed by atoms with van der Waals surface area (Å²) >= 11 is 5.54. The molecular formula is C12H8ClF3N4O. The number of hydrogen-bond donors (Lipinski definition) is 2. The van der Waals surface area contributed by atoms with Gasteiger partial charge in [-0.3, -0.25) is 4.79 Å². The van der Waals surface area contributed by atoms with Crippen molar-refractivity contribution in [3.8, 4) is 0 Å². The van der Waals surface area contributed by atoms with Gasteiger partial charge in [0.25, 0.3) is 5.91 Å². The second kappa shape index (κ2) is 5.57. The first-order chi connectivity index (χ1) is 9.77. The molecule has 110 valence electrons. The van der Waals surface area contributed by atoms with E-state index in [1.165, 1.54) is 6.07 Å². The number of nitrogens with zero attached hydrogens (tertiary/aromatic N) is 2. The lowest BCUT2D eigenvalue weighted by molar-refractivity contribution is -0.136. The number of nitrogen functional groups attached to an aromatic ring is 1. The van der Waals surface area contributed by atoms with Crippen molar-refractivity contribution in [1.82, 2.24) is 9.97 Å². The average molecular weight is 317 g/mol. The zero-order chi connectivity index (χ0) is 15.6. The van der Waals surface area contributed by atoms with E-state index in [2.05, 4.69) is 15.3 Å². The van der Waals surface area contributed by atoms with Crippen molar-refractivity contribution in [2.45, 2.75) is 6.18 Å². The van der Waals surface area contributed by atoms with Crippen molar-refractivity contribution in [3.05, 3.63) is 46.9 Å². The van der Waals surface area contributed by atoms with Crippen LogP contribution in [-0.4, -0.2) is 15.9 Å². The SMILES string of the molecule is Nc1cnc(C(=O)Nc2ccc(Cl)cc2C(F)(F)F)cn1. The molecule has 2 aromatic rings. The van der Waals surface area contributed by atoms with E-state index in [0.29, 0.717) is 0 Å². The van der Waals surface area contributed by atoms with Crippen molar-refractivity contribution in [2.24, 2.45) is 0 Å². The number of carbonyl (C=O) groups is 1. The maximum Gasteiger partial charge on any atom is 0.418 e. The molecule has 1 aromatic heterocycles. The Hall–Kier alpha value is -2.35. The van der Waals surface area contributed by atoms with Crippen LogP contribution in [0.4, 0.5) is 24.7 Å². The molecule has 0 spiro atoms.